The number of nitrogens with one attached hydrogen (secondary N) is 2. The fraction of sp³-hybridized carbons (Fsp3) is 0.389. The van der Waals surface area contributed by atoms with E-state index < -0.39 is 24.5 Å². The summed E-state index contributed by atoms with van der Waals surface area (Å²) in [4.78, 5) is 34.9. The molecule has 26 heavy (non-hydrogen) atoms. The molecule has 0 saturated carbocycles. The molecule has 0 unspecified atom stereocenters. The number of likely N-dealkylation sites (N-methyl/N-ethyl adjacent to an activating group) is 1. The van der Waals surface area contributed by atoms with Gasteiger partial charge in [-0.05, 0) is 37.6 Å². The number of benzene rings is 1. The second-order valence-corrected chi connectivity index (χ2v) is 5.27. The van der Waals surface area contributed by atoms with Crippen molar-refractivity contribution in [3.63, 3.8) is 0 Å². The normalized spacial score (nSPS) is 11.5. The fourth-order valence-corrected chi connectivity index (χ4v) is 1.95. The standard InChI is InChI=1S/C18H24N2O6/c1-5-19-18(23)12(2)20-16(21)11-26-17(22)7-6-13-8-14(24-3)10-15(9-13)25-4/h6-10,12H,5,11H2,1-4H3,(H,19,23)(H,20,21)/b7-6+/t12-/m0/s1. The maximum atomic E-state index is 11.7. The van der Waals surface area contributed by atoms with Crippen LogP contribution in [0.25, 0.3) is 6.08 Å². The second kappa shape index (κ2) is 10.8. The first-order chi connectivity index (χ1) is 12.4. The van der Waals surface area contributed by atoms with Gasteiger partial charge in [-0.25, -0.2) is 4.79 Å². The lowest BCUT2D eigenvalue weighted by molar-refractivity contribution is -0.144. The topological polar surface area (TPSA) is 103 Å². The predicted molar refractivity (Wildman–Crippen MR) is 95.8 cm³/mol. The van der Waals surface area contributed by atoms with Crippen LogP contribution in [0.1, 0.15) is 19.4 Å². The number of amides is 2. The number of rotatable bonds is 9. The van der Waals surface area contributed by atoms with Crippen molar-refractivity contribution in [3.8, 4) is 11.5 Å². The van der Waals surface area contributed by atoms with Crippen molar-refractivity contribution in [2.75, 3.05) is 27.4 Å². The van der Waals surface area contributed by atoms with E-state index in [4.69, 9.17) is 14.2 Å². The van der Waals surface area contributed by atoms with E-state index in [-0.39, 0.29) is 5.91 Å². The number of ether oxygens (including phenoxy) is 3. The van der Waals surface area contributed by atoms with Crippen LogP contribution in [0.15, 0.2) is 24.3 Å². The van der Waals surface area contributed by atoms with Crippen LogP contribution >= 0.6 is 0 Å². The van der Waals surface area contributed by atoms with Gasteiger partial charge in [0.25, 0.3) is 5.91 Å². The summed E-state index contributed by atoms with van der Waals surface area (Å²) >= 11 is 0. The molecule has 0 bridgehead atoms. The van der Waals surface area contributed by atoms with E-state index >= 15 is 0 Å². The highest BCUT2D eigenvalue weighted by molar-refractivity contribution is 5.91. The molecule has 0 saturated heterocycles. The highest BCUT2D eigenvalue weighted by atomic mass is 16.5. The van der Waals surface area contributed by atoms with Gasteiger partial charge >= 0.3 is 5.97 Å². The van der Waals surface area contributed by atoms with Gasteiger partial charge in [0.2, 0.25) is 5.91 Å². The third-order valence-electron chi connectivity index (χ3n) is 3.25. The Hall–Kier alpha value is -3.03. The first kappa shape index (κ1) is 21.0. The maximum absolute atomic E-state index is 11.7. The van der Waals surface area contributed by atoms with Gasteiger partial charge in [0.1, 0.15) is 17.5 Å². The largest absolute Gasteiger partial charge is 0.497 e. The molecule has 0 aliphatic rings. The van der Waals surface area contributed by atoms with Crippen LogP contribution in [0.2, 0.25) is 0 Å². The molecule has 0 aliphatic heterocycles. The number of esters is 1. The third-order valence-corrected chi connectivity index (χ3v) is 3.25. The quantitative estimate of drug-likeness (QED) is 0.499. The maximum Gasteiger partial charge on any atom is 0.331 e. The Kier molecular flexibility index (Phi) is 8.69. The van der Waals surface area contributed by atoms with E-state index in [1.807, 2.05) is 0 Å². The number of methoxy groups -OCH3 is 2. The number of carbonyl (C=O) groups is 3. The van der Waals surface area contributed by atoms with Crippen LogP contribution in [-0.4, -0.2) is 51.2 Å². The molecule has 8 heteroatoms. The van der Waals surface area contributed by atoms with Crippen molar-refractivity contribution in [1.82, 2.24) is 10.6 Å². The highest BCUT2D eigenvalue weighted by Gasteiger charge is 2.15. The van der Waals surface area contributed by atoms with Gasteiger partial charge in [0.05, 0.1) is 14.2 Å². The average Bonchev–Trinajstić information content (AvgIpc) is 2.64. The van der Waals surface area contributed by atoms with Gasteiger partial charge in [-0.15, -0.1) is 0 Å². The van der Waals surface area contributed by atoms with Crippen molar-refractivity contribution in [2.45, 2.75) is 19.9 Å². The molecule has 1 aromatic rings. The number of hydrogen-bond donors (Lipinski definition) is 2. The molecule has 1 rings (SSSR count). The number of hydrogen-bond acceptors (Lipinski definition) is 6. The summed E-state index contributed by atoms with van der Waals surface area (Å²) in [5.74, 6) is -0.396. The van der Waals surface area contributed by atoms with Crippen LogP contribution in [0.3, 0.4) is 0 Å². The first-order valence-corrected chi connectivity index (χ1v) is 8.04. The van der Waals surface area contributed by atoms with Crippen LogP contribution in [0.4, 0.5) is 0 Å². The van der Waals surface area contributed by atoms with Gasteiger partial charge in [-0.1, -0.05) is 0 Å². The van der Waals surface area contributed by atoms with E-state index in [0.29, 0.717) is 23.6 Å². The number of carbonyl (C=O) groups excluding carboxylic acids is 3. The zero-order valence-corrected chi connectivity index (χ0v) is 15.3. The molecule has 1 atom stereocenters. The van der Waals surface area contributed by atoms with Crippen LogP contribution < -0.4 is 20.1 Å². The van der Waals surface area contributed by atoms with Crippen LogP contribution in [0.5, 0.6) is 11.5 Å². The molecule has 0 fully saturated rings. The lowest BCUT2D eigenvalue weighted by atomic mass is 10.2. The summed E-state index contributed by atoms with van der Waals surface area (Å²) in [6, 6.07) is 4.43. The fourth-order valence-electron chi connectivity index (χ4n) is 1.95. The van der Waals surface area contributed by atoms with E-state index in [9.17, 15) is 14.4 Å². The minimum atomic E-state index is -0.707. The summed E-state index contributed by atoms with van der Waals surface area (Å²) < 4.78 is 15.1. The van der Waals surface area contributed by atoms with Gasteiger partial charge in [-0.3, -0.25) is 9.59 Å². The van der Waals surface area contributed by atoms with Gasteiger partial charge < -0.3 is 24.8 Å². The summed E-state index contributed by atoms with van der Waals surface area (Å²) in [6.07, 6.45) is 2.71. The van der Waals surface area contributed by atoms with Crippen molar-refractivity contribution in [3.05, 3.63) is 29.8 Å². The molecule has 2 N–H and O–H groups in total. The van der Waals surface area contributed by atoms with Gasteiger partial charge in [0, 0.05) is 18.7 Å². The Bertz CT molecular complexity index is 649. The van der Waals surface area contributed by atoms with Crippen molar-refractivity contribution in [1.29, 1.82) is 0 Å². The Morgan fingerprint density at radius 1 is 1.12 bits per heavy atom. The SMILES string of the molecule is CCNC(=O)[C@H](C)NC(=O)COC(=O)/C=C/c1cc(OC)cc(OC)c1. The predicted octanol–water partition coefficient (Wildman–Crippen LogP) is 0.901. The van der Waals surface area contributed by atoms with Crippen molar-refractivity contribution in [2.24, 2.45) is 0 Å². The van der Waals surface area contributed by atoms with Crippen LogP contribution in [0, 0.1) is 0 Å². The summed E-state index contributed by atoms with van der Waals surface area (Å²) in [6.45, 7) is 3.31. The average molecular weight is 364 g/mol. The molecule has 0 spiro atoms. The Morgan fingerprint density at radius 2 is 1.73 bits per heavy atom. The third kappa shape index (κ3) is 7.25. The summed E-state index contributed by atoms with van der Waals surface area (Å²) in [7, 11) is 3.05. The Labute approximate surface area is 152 Å². The second-order valence-electron chi connectivity index (χ2n) is 5.27. The minimum Gasteiger partial charge on any atom is -0.497 e. The molecule has 0 aliphatic carbocycles. The zero-order valence-electron chi connectivity index (χ0n) is 15.3. The van der Waals surface area contributed by atoms with Gasteiger partial charge in [-0.2, -0.15) is 0 Å². The van der Waals surface area contributed by atoms with E-state index in [1.54, 1.807) is 32.0 Å². The molecule has 1 aromatic carbocycles. The van der Waals surface area contributed by atoms with Crippen molar-refractivity contribution < 1.29 is 28.6 Å². The minimum absolute atomic E-state index is 0.306. The lowest BCUT2D eigenvalue weighted by Gasteiger charge is -2.12. The van der Waals surface area contributed by atoms with Gasteiger partial charge in [0.15, 0.2) is 6.61 Å². The molecule has 142 valence electrons. The molecule has 0 heterocycles. The smallest absolute Gasteiger partial charge is 0.331 e. The monoisotopic (exact) mass is 364 g/mol. The van der Waals surface area contributed by atoms with E-state index in [1.165, 1.54) is 26.4 Å². The van der Waals surface area contributed by atoms with Crippen molar-refractivity contribution >= 4 is 23.9 Å². The molecular weight excluding hydrogens is 340 g/mol. The van der Waals surface area contributed by atoms with E-state index in [2.05, 4.69) is 10.6 Å². The highest BCUT2D eigenvalue weighted by Crippen LogP contribution is 2.23. The summed E-state index contributed by atoms with van der Waals surface area (Å²) in [5, 5.41) is 5.02. The molecule has 2 amide bonds. The molecule has 0 aromatic heterocycles. The first-order valence-electron chi connectivity index (χ1n) is 8.04. The Balaban J connectivity index is 2.52. The summed E-state index contributed by atoms with van der Waals surface area (Å²) in [5.41, 5.74) is 0.674. The molecule has 0 radical (unpaired) electrons. The Morgan fingerprint density at radius 3 is 2.27 bits per heavy atom. The van der Waals surface area contributed by atoms with E-state index in [0.717, 1.165) is 0 Å². The van der Waals surface area contributed by atoms with Crippen LogP contribution in [-0.2, 0) is 19.1 Å². The zero-order chi connectivity index (χ0) is 19.5. The molecule has 8 nitrogen and oxygen atoms in total. The molecular formula is C18H24N2O6. The lowest BCUT2D eigenvalue weighted by Crippen LogP contribution is -2.46.